The van der Waals surface area contributed by atoms with E-state index in [1.165, 1.54) is 70.6 Å². The van der Waals surface area contributed by atoms with Gasteiger partial charge in [0.25, 0.3) is 0 Å². The average Bonchev–Trinajstić information content (AvgIpc) is 1.16. The minimum Gasteiger partial charge on any atom is -0.462 e. The number of phosphoric ester groups is 2. The third-order valence-electron chi connectivity index (χ3n) is 16.5. The molecule has 19 heteroatoms. The SMILES string of the molecule is CCCC/C=C\CCCCCCCC(=O)OC(COC(=O)CCCCCCCC/C=C\C/C=C\C/C=C\CCCCC)COP(=O)(O)OCC(O)COP(=O)(O)OCC(COC(=O)CCCCCCC/C=C\C/C=C\CCCCC)OC(=O)CCCCCCC/C=C\C/C=C\CCCCC. The molecule has 0 aromatic carbocycles. The number of carbonyl (C=O) groups excluding carboxylic acids is 4. The molecule has 0 aliphatic heterocycles. The number of esters is 4. The molecule has 5 atom stereocenters. The highest BCUT2D eigenvalue weighted by Crippen LogP contribution is 2.45. The van der Waals surface area contributed by atoms with Crippen molar-refractivity contribution in [2.75, 3.05) is 39.6 Å². The van der Waals surface area contributed by atoms with Crippen molar-refractivity contribution in [1.82, 2.24) is 0 Å². The van der Waals surface area contributed by atoms with Gasteiger partial charge < -0.3 is 33.8 Å². The molecular weight excluding hydrogens is 1310 g/mol. The molecule has 0 aromatic rings. The molecule has 0 saturated carbocycles. The summed E-state index contributed by atoms with van der Waals surface area (Å²) in [6.45, 7) is 4.73. The molecule has 0 aliphatic rings. The van der Waals surface area contributed by atoms with Gasteiger partial charge in [0.15, 0.2) is 12.2 Å². The zero-order valence-electron chi connectivity index (χ0n) is 63.1. The summed E-state index contributed by atoms with van der Waals surface area (Å²) < 4.78 is 68.5. The Morgan fingerprint density at radius 1 is 0.280 bits per heavy atom. The zero-order valence-corrected chi connectivity index (χ0v) is 64.9. The van der Waals surface area contributed by atoms with Gasteiger partial charge in [-0.1, -0.05) is 260 Å². The first-order chi connectivity index (χ1) is 48.7. The van der Waals surface area contributed by atoms with Crippen LogP contribution in [0.3, 0.4) is 0 Å². The Bertz CT molecular complexity index is 2270. The summed E-state index contributed by atoms with van der Waals surface area (Å²) in [5.74, 6) is -2.22. The van der Waals surface area contributed by atoms with Gasteiger partial charge in [0, 0.05) is 25.7 Å². The second-order valence-corrected chi connectivity index (χ2v) is 29.2. The van der Waals surface area contributed by atoms with Crippen LogP contribution < -0.4 is 0 Å². The molecule has 0 fully saturated rings. The van der Waals surface area contributed by atoms with Crippen molar-refractivity contribution in [3.05, 3.63) is 97.2 Å². The third-order valence-corrected chi connectivity index (χ3v) is 18.4. The van der Waals surface area contributed by atoms with E-state index >= 15 is 0 Å². The summed E-state index contributed by atoms with van der Waals surface area (Å²) in [6, 6.07) is 0. The second-order valence-electron chi connectivity index (χ2n) is 26.3. The molecule has 0 radical (unpaired) electrons. The lowest BCUT2D eigenvalue weighted by Crippen LogP contribution is -2.30. The summed E-state index contributed by atoms with van der Waals surface area (Å²) in [4.78, 5) is 72.9. The van der Waals surface area contributed by atoms with Gasteiger partial charge in [-0.25, -0.2) is 9.13 Å². The van der Waals surface area contributed by atoms with Gasteiger partial charge in [0.1, 0.15) is 19.3 Å². The summed E-state index contributed by atoms with van der Waals surface area (Å²) >= 11 is 0. The van der Waals surface area contributed by atoms with E-state index in [1.54, 1.807) is 0 Å². The fourth-order valence-electron chi connectivity index (χ4n) is 10.4. The van der Waals surface area contributed by atoms with Crippen molar-refractivity contribution < 1.29 is 80.2 Å². The maximum absolute atomic E-state index is 13.1. The predicted molar refractivity (Wildman–Crippen MR) is 409 cm³/mol. The van der Waals surface area contributed by atoms with E-state index in [2.05, 4.69) is 125 Å². The van der Waals surface area contributed by atoms with Gasteiger partial charge in [-0.2, -0.15) is 0 Å². The normalized spacial score (nSPS) is 14.4. The minimum absolute atomic E-state index is 0.0761. The average molecular weight is 1450 g/mol. The molecule has 0 aliphatic carbocycles. The second kappa shape index (κ2) is 73.3. The maximum Gasteiger partial charge on any atom is 0.472 e. The van der Waals surface area contributed by atoms with Gasteiger partial charge in [0.2, 0.25) is 0 Å². The quantitative estimate of drug-likeness (QED) is 0.0169. The number of ether oxygens (including phenoxy) is 4. The van der Waals surface area contributed by atoms with Crippen molar-refractivity contribution >= 4 is 39.5 Å². The van der Waals surface area contributed by atoms with E-state index in [9.17, 15) is 43.2 Å². The van der Waals surface area contributed by atoms with E-state index in [1.807, 2.05) is 0 Å². The predicted octanol–water partition coefficient (Wildman–Crippen LogP) is 22.8. The number of hydrogen-bond acceptors (Lipinski definition) is 15. The lowest BCUT2D eigenvalue weighted by Gasteiger charge is -2.21. The number of hydrogen-bond donors (Lipinski definition) is 3. The van der Waals surface area contributed by atoms with Crippen molar-refractivity contribution in [2.24, 2.45) is 0 Å². The molecule has 0 bridgehead atoms. The highest BCUT2D eigenvalue weighted by Gasteiger charge is 2.30. The molecule has 100 heavy (non-hydrogen) atoms. The zero-order chi connectivity index (χ0) is 73.2. The minimum atomic E-state index is -4.98. The van der Waals surface area contributed by atoms with Crippen LogP contribution in [-0.2, 0) is 65.4 Å². The Balaban J connectivity index is 5.33. The van der Waals surface area contributed by atoms with Crippen LogP contribution in [0.15, 0.2) is 97.2 Å². The maximum atomic E-state index is 13.1. The Morgan fingerprint density at radius 3 is 0.790 bits per heavy atom. The molecule has 0 rings (SSSR count). The number of aliphatic hydroxyl groups excluding tert-OH is 1. The fraction of sp³-hybridized carbons (Fsp3) is 0.753. The Hall–Kier alpha value is -4.02. The number of phosphoric acid groups is 2. The largest absolute Gasteiger partial charge is 0.472 e. The fourth-order valence-corrected chi connectivity index (χ4v) is 12.0. The molecule has 0 aromatic heterocycles. The molecule has 5 unspecified atom stereocenters. The molecule has 0 amide bonds. The highest BCUT2D eigenvalue weighted by molar-refractivity contribution is 7.47. The van der Waals surface area contributed by atoms with Crippen LogP contribution in [0.2, 0.25) is 0 Å². The van der Waals surface area contributed by atoms with E-state index < -0.39 is 97.5 Å². The van der Waals surface area contributed by atoms with Crippen molar-refractivity contribution in [3.8, 4) is 0 Å². The van der Waals surface area contributed by atoms with Crippen molar-refractivity contribution in [1.29, 1.82) is 0 Å². The van der Waals surface area contributed by atoms with Gasteiger partial charge in [-0.05, 0) is 148 Å². The Labute approximate surface area is 607 Å². The van der Waals surface area contributed by atoms with Crippen LogP contribution in [0.5, 0.6) is 0 Å². The summed E-state index contributed by atoms with van der Waals surface area (Å²) in [6.07, 6.45) is 76.7. The van der Waals surface area contributed by atoms with Crippen LogP contribution in [0, 0.1) is 0 Å². The van der Waals surface area contributed by atoms with Gasteiger partial charge in [0.05, 0.1) is 26.4 Å². The first kappa shape index (κ1) is 96.0. The number of carbonyl (C=O) groups is 4. The Kier molecular flexibility index (Phi) is 70.4. The smallest absolute Gasteiger partial charge is 0.462 e. The van der Waals surface area contributed by atoms with Gasteiger partial charge in [-0.3, -0.25) is 37.3 Å². The first-order valence-electron chi connectivity index (χ1n) is 39.5. The molecule has 578 valence electrons. The van der Waals surface area contributed by atoms with Crippen molar-refractivity contribution in [3.63, 3.8) is 0 Å². The molecule has 3 N–H and O–H groups in total. The lowest BCUT2D eigenvalue weighted by molar-refractivity contribution is -0.161. The molecule has 0 spiro atoms. The van der Waals surface area contributed by atoms with Gasteiger partial charge in [-0.15, -0.1) is 0 Å². The number of unbranched alkanes of at least 4 members (excludes halogenated alkanes) is 32. The summed E-state index contributed by atoms with van der Waals surface area (Å²) in [5.41, 5.74) is 0. The van der Waals surface area contributed by atoms with Gasteiger partial charge >= 0.3 is 39.5 Å². The van der Waals surface area contributed by atoms with E-state index in [4.69, 9.17) is 37.0 Å². The summed E-state index contributed by atoms with van der Waals surface area (Å²) in [7, 11) is -9.96. The van der Waals surface area contributed by atoms with Crippen LogP contribution in [0.25, 0.3) is 0 Å². The standard InChI is InChI=1S/C81H142O17P2/c1-5-9-13-17-21-25-29-32-35-36-37-38-41-43-47-50-54-58-62-66-79(84)91-71-76(97-80(85)67-63-59-55-51-45-28-24-20-16-12-8-4)73-95-99(87,88)93-69-75(82)70-94-100(89,90)96-74-77(98-81(86)68-64-60-56-52-48-44-40-34-31-27-23-19-15-11-7-3)72-92-78(83)65-61-57-53-49-46-42-39-33-30-26-22-18-14-10-6-2/h20-27,32-35,37-40,75-77,82H,5-19,28-31,36,41-74H2,1-4H3,(H,87,88)(H,89,90)/b24-20-,25-21-,26-22-,27-23-,35-32-,38-37-,39-33-,40-34-. The molecule has 0 heterocycles. The number of aliphatic hydroxyl groups is 1. The van der Waals surface area contributed by atoms with Crippen LogP contribution in [-0.4, -0.2) is 96.7 Å². The van der Waals surface area contributed by atoms with E-state index in [0.29, 0.717) is 25.7 Å². The third kappa shape index (κ3) is 72.3. The van der Waals surface area contributed by atoms with Crippen LogP contribution in [0.1, 0.15) is 336 Å². The van der Waals surface area contributed by atoms with Crippen molar-refractivity contribution in [2.45, 2.75) is 354 Å². The number of rotatable bonds is 74. The van der Waals surface area contributed by atoms with E-state index in [-0.39, 0.29) is 25.7 Å². The summed E-state index contributed by atoms with van der Waals surface area (Å²) in [5, 5.41) is 10.6. The monoisotopic (exact) mass is 1450 g/mol. The molecule has 0 saturated heterocycles. The highest BCUT2D eigenvalue weighted by atomic mass is 31.2. The van der Waals surface area contributed by atoms with E-state index in [0.717, 1.165) is 186 Å². The van der Waals surface area contributed by atoms with Crippen LogP contribution in [0.4, 0.5) is 0 Å². The Morgan fingerprint density at radius 2 is 0.500 bits per heavy atom. The number of allylic oxidation sites excluding steroid dienone is 16. The lowest BCUT2D eigenvalue weighted by atomic mass is 10.1. The molecular formula is C81H142O17P2. The molecule has 17 nitrogen and oxygen atoms in total. The first-order valence-corrected chi connectivity index (χ1v) is 42.5. The topological polar surface area (TPSA) is 237 Å². The van der Waals surface area contributed by atoms with Crippen LogP contribution >= 0.6 is 15.6 Å².